The van der Waals surface area contributed by atoms with Crippen molar-refractivity contribution < 1.29 is 14.3 Å². The van der Waals surface area contributed by atoms with E-state index in [0.717, 1.165) is 18.5 Å². The highest BCUT2D eigenvalue weighted by Gasteiger charge is 2.29. The number of aliphatic carboxylic acids is 1. The average Bonchev–Trinajstić information content (AvgIpc) is 2.28. The van der Waals surface area contributed by atoms with Gasteiger partial charge in [0.05, 0.1) is 5.92 Å². The van der Waals surface area contributed by atoms with E-state index in [1.807, 2.05) is 6.07 Å². The molecule has 2 atom stereocenters. The largest absolute Gasteiger partial charge is 0.481 e. The number of rotatable bonds is 3. The molecule has 1 aliphatic rings. The van der Waals surface area contributed by atoms with Crippen LogP contribution in [0.1, 0.15) is 18.9 Å². The van der Waals surface area contributed by atoms with E-state index in [1.165, 1.54) is 12.1 Å². The van der Waals surface area contributed by atoms with E-state index in [4.69, 9.17) is 5.11 Å². The quantitative estimate of drug-likeness (QED) is 0.896. The number of hydrogen-bond donors (Lipinski definition) is 1. The first-order valence-corrected chi connectivity index (χ1v) is 6.24. The second-order valence-corrected chi connectivity index (χ2v) is 5.20. The predicted octanol–water partition coefficient (Wildman–Crippen LogP) is 2.37. The Hall–Kier alpha value is -1.42. The maximum Gasteiger partial charge on any atom is 0.307 e. The SMILES string of the molecule is CC1CC(C(=O)O)CN(Cc2cccc(F)c2)C1. The van der Waals surface area contributed by atoms with Gasteiger partial charge < -0.3 is 5.11 Å². The highest BCUT2D eigenvalue weighted by atomic mass is 19.1. The Bertz CT molecular complexity index is 436. The van der Waals surface area contributed by atoms with Crippen LogP contribution in [0.3, 0.4) is 0 Å². The molecule has 1 saturated heterocycles. The third-order valence-electron chi connectivity index (χ3n) is 3.38. The van der Waals surface area contributed by atoms with E-state index < -0.39 is 5.97 Å². The molecule has 1 aromatic rings. The van der Waals surface area contributed by atoms with Crippen LogP contribution in [0.25, 0.3) is 0 Å². The number of halogens is 1. The molecule has 4 heteroatoms. The lowest BCUT2D eigenvalue weighted by molar-refractivity contribution is -0.144. The van der Waals surface area contributed by atoms with Gasteiger partial charge in [0.1, 0.15) is 5.82 Å². The number of carboxylic acid groups (broad SMARTS) is 1. The zero-order chi connectivity index (χ0) is 13.1. The number of nitrogens with zero attached hydrogens (tertiary/aromatic N) is 1. The molecule has 98 valence electrons. The monoisotopic (exact) mass is 251 g/mol. The molecule has 0 spiro atoms. The van der Waals surface area contributed by atoms with Gasteiger partial charge in [0.15, 0.2) is 0 Å². The van der Waals surface area contributed by atoms with Crippen LogP contribution in [0, 0.1) is 17.7 Å². The molecule has 0 amide bonds. The summed E-state index contributed by atoms with van der Waals surface area (Å²) in [4.78, 5) is 13.2. The summed E-state index contributed by atoms with van der Waals surface area (Å²) in [5, 5.41) is 9.10. The van der Waals surface area contributed by atoms with Crippen molar-refractivity contribution in [1.82, 2.24) is 4.90 Å². The fourth-order valence-corrected chi connectivity index (χ4v) is 2.66. The number of carbonyl (C=O) groups is 1. The van der Waals surface area contributed by atoms with Gasteiger partial charge in [0, 0.05) is 19.6 Å². The van der Waals surface area contributed by atoms with E-state index in [0.29, 0.717) is 19.0 Å². The lowest BCUT2D eigenvalue weighted by Gasteiger charge is -2.34. The van der Waals surface area contributed by atoms with Crippen LogP contribution in [0.15, 0.2) is 24.3 Å². The van der Waals surface area contributed by atoms with Crippen molar-refractivity contribution in [3.05, 3.63) is 35.6 Å². The lowest BCUT2D eigenvalue weighted by Crippen LogP contribution is -2.41. The summed E-state index contributed by atoms with van der Waals surface area (Å²) in [6, 6.07) is 6.49. The standard InChI is InChI=1S/C14H18FNO2/c1-10-5-12(14(17)18)9-16(7-10)8-11-3-2-4-13(15)6-11/h2-4,6,10,12H,5,7-9H2,1H3,(H,17,18). The molecule has 1 heterocycles. The van der Waals surface area contributed by atoms with Crippen molar-refractivity contribution in [2.45, 2.75) is 19.9 Å². The third kappa shape index (κ3) is 3.29. The molecule has 0 aromatic heterocycles. The predicted molar refractivity (Wildman–Crippen MR) is 66.6 cm³/mol. The Morgan fingerprint density at radius 3 is 2.94 bits per heavy atom. The number of benzene rings is 1. The molecule has 18 heavy (non-hydrogen) atoms. The molecule has 1 aliphatic heterocycles. The van der Waals surface area contributed by atoms with Crippen LogP contribution in [0.5, 0.6) is 0 Å². The molecule has 0 bridgehead atoms. The van der Waals surface area contributed by atoms with Gasteiger partial charge in [-0.15, -0.1) is 0 Å². The fraction of sp³-hybridized carbons (Fsp3) is 0.500. The van der Waals surface area contributed by atoms with Gasteiger partial charge in [-0.05, 0) is 30.0 Å². The normalized spacial score (nSPS) is 25.0. The highest BCUT2D eigenvalue weighted by Crippen LogP contribution is 2.23. The van der Waals surface area contributed by atoms with Crippen LogP contribution in [0.4, 0.5) is 4.39 Å². The maximum absolute atomic E-state index is 13.1. The molecule has 1 fully saturated rings. The summed E-state index contributed by atoms with van der Waals surface area (Å²) in [7, 11) is 0. The topological polar surface area (TPSA) is 40.5 Å². The van der Waals surface area contributed by atoms with Crippen molar-refractivity contribution in [1.29, 1.82) is 0 Å². The van der Waals surface area contributed by atoms with Crippen LogP contribution in [-0.4, -0.2) is 29.1 Å². The number of carboxylic acids is 1. The first-order valence-electron chi connectivity index (χ1n) is 6.24. The van der Waals surface area contributed by atoms with E-state index in [1.54, 1.807) is 6.07 Å². The summed E-state index contributed by atoms with van der Waals surface area (Å²) in [6.07, 6.45) is 0.731. The number of hydrogen-bond acceptors (Lipinski definition) is 2. The van der Waals surface area contributed by atoms with Crippen molar-refractivity contribution in [2.24, 2.45) is 11.8 Å². The van der Waals surface area contributed by atoms with Crippen LogP contribution in [0.2, 0.25) is 0 Å². The average molecular weight is 251 g/mol. The minimum absolute atomic E-state index is 0.243. The van der Waals surface area contributed by atoms with Gasteiger partial charge in [-0.2, -0.15) is 0 Å². The van der Waals surface area contributed by atoms with Crippen LogP contribution < -0.4 is 0 Å². The second-order valence-electron chi connectivity index (χ2n) is 5.20. The van der Waals surface area contributed by atoms with Crippen molar-refractivity contribution in [3.63, 3.8) is 0 Å². The summed E-state index contributed by atoms with van der Waals surface area (Å²) in [5.41, 5.74) is 0.897. The maximum atomic E-state index is 13.1. The Labute approximate surface area is 106 Å². The Morgan fingerprint density at radius 1 is 1.50 bits per heavy atom. The molecule has 3 nitrogen and oxygen atoms in total. The molecule has 0 aliphatic carbocycles. The van der Waals surface area contributed by atoms with E-state index in [-0.39, 0.29) is 11.7 Å². The number of likely N-dealkylation sites (tertiary alicyclic amines) is 1. The van der Waals surface area contributed by atoms with Gasteiger partial charge in [-0.3, -0.25) is 9.69 Å². The first-order chi connectivity index (χ1) is 8.54. The first kappa shape index (κ1) is 13.0. The van der Waals surface area contributed by atoms with Gasteiger partial charge in [0.25, 0.3) is 0 Å². The summed E-state index contributed by atoms with van der Waals surface area (Å²) < 4.78 is 13.1. The smallest absolute Gasteiger partial charge is 0.307 e. The van der Waals surface area contributed by atoms with Crippen molar-refractivity contribution in [2.75, 3.05) is 13.1 Å². The molecule has 2 unspecified atom stereocenters. The van der Waals surface area contributed by atoms with Gasteiger partial charge in [-0.1, -0.05) is 19.1 Å². The summed E-state index contributed by atoms with van der Waals surface area (Å²) in [5.74, 6) is -0.908. The van der Waals surface area contributed by atoms with Crippen molar-refractivity contribution in [3.8, 4) is 0 Å². The number of piperidine rings is 1. The molecule has 2 rings (SSSR count). The molecular formula is C14H18FNO2. The molecule has 1 aromatic carbocycles. The fourth-order valence-electron chi connectivity index (χ4n) is 2.66. The summed E-state index contributed by atoms with van der Waals surface area (Å²) in [6.45, 7) is 4.11. The third-order valence-corrected chi connectivity index (χ3v) is 3.38. The highest BCUT2D eigenvalue weighted by molar-refractivity contribution is 5.70. The molecule has 1 N–H and O–H groups in total. The van der Waals surface area contributed by atoms with Gasteiger partial charge in [-0.25, -0.2) is 4.39 Å². The van der Waals surface area contributed by atoms with E-state index >= 15 is 0 Å². The Morgan fingerprint density at radius 2 is 2.28 bits per heavy atom. The Kier molecular flexibility index (Phi) is 3.97. The minimum atomic E-state index is -0.731. The van der Waals surface area contributed by atoms with E-state index in [9.17, 15) is 9.18 Å². The molecular weight excluding hydrogens is 233 g/mol. The zero-order valence-electron chi connectivity index (χ0n) is 10.5. The van der Waals surface area contributed by atoms with Crippen molar-refractivity contribution >= 4 is 5.97 Å². The Balaban J connectivity index is 2.02. The van der Waals surface area contributed by atoms with Gasteiger partial charge in [0.2, 0.25) is 0 Å². The summed E-state index contributed by atoms with van der Waals surface area (Å²) >= 11 is 0. The van der Waals surface area contributed by atoms with E-state index in [2.05, 4.69) is 11.8 Å². The van der Waals surface area contributed by atoms with Crippen LogP contribution in [-0.2, 0) is 11.3 Å². The second kappa shape index (κ2) is 5.48. The lowest BCUT2D eigenvalue weighted by atomic mass is 9.90. The molecule has 0 radical (unpaired) electrons. The minimum Gasteiger partial charge on any atom is -0.481 e. The van der Waals surface area contributed by atoms with Gasteiger partial charge >= 0.3 is 5.97 Å². The zero-order valence-corrected chi connectivity index (χ0v) is 10.5. The molecule has 0 saturated carbocycles. The van der Waals surface area contributed by atoms with Crippen LogP contribution >= 0.6 is 0 Å².